The first-order valence-electron chi connectivity index (χ1n) is 8.15. The molecule has 0 radical (unpaired) electrons. The van der Waals surface area contributed by atoms with Crippen LogP contribution >= 0.6 is 12.4 Å². The van der Waals surface area contributed by atoms with Crippen LogP contribution < -0.4 is 9.64 Å². The number of likely N-dealkylation sites (tertiary alicyclic amines) is 1. The molecule has 23 heavy (non-hydrogen) atoms. The summed E-state index contributed by atoms with van der Waals surface area (Å²) in [5.41, 5.74) is 1.26. The van der Waals surface area contributed by atoms with Gasteiger partial charge >= 0.3 is 0 Å². The zero-order valence-corrected chi connectivity index (χ0v) is 14.6. The molecule has 2 aliphatic heterocycles. The molecule has 2 fully saturated rings. The number of carbonyl (C=O) groups excluding carboxylic acids is 1. The van der Waals surface area contributed by atoms with E-state index in [1.165, 1.54) is 5.69 Å². The summed E-state index contributed by atoms with van der Waals surface area (Å²) in [6, 6.07) is 8.27. The Morgan fingerprint density at radius 2 is 1.70 bits per heavy atom. The standard InChI is InChI=1S/C17H25N3O2.ClH/c1-22-16-6-4-15(5-7-16)19-12-9-18(10-13-19)11-14-20-8-2-3-17(20)21;/h4-7H,2-3,8-14H2,1H3;1H. The lowest BCUT2D eigenvalue weighted by molar-refractivity contribution is -0.127. The molecule has 2 aliphatic rings. The molecule has 0 atom stereocenters. The molecule has 0 bridgehead atoms. The summed E-state index contributed by atoms with van der Waals surface area (Å²) in [6.07, 6.45) is 1.77. The lowest BCUT2D eigenvalue weighted by atomic mass is 10.2. The molecule has 0 aliphatic carbocycles. The average Bonchev–Trinajstić information content (AvgIpc) is 2.99. The van der Waals surface area contributed by atoms with Crippen LogP contribution in [0.5, 0.6) is 5.75 Å². The average molecular weight is 340 g/mol. The van der Waals surface area contributed by atoms with E-state index >= 15 is 0 Å². The SMILES string of the molecule is COc1ccc(N2CCN(CCN3CCCC3=O)CC2)cc1.Cl. The molecule has 3 rings (SSSR count). The highest BCUT2D eigenvalue weighted by Crippen LogP contribution is 2.20. The molecule has 0 saturated carbocycles. The van der Waals surface area contributed by atoms with E-state index in [4.69, 9.17) is 4.74 Å². The van der Waals surface area contributed by atoms with Crippen LogP contribution in [0.2, 0.25) is 0 Å². The molecule has 0 N–H and O–H groups in total. The summed E-state index contributed by atoms with van der Waals surface area (Å²) >= 11 is 0. The predicted molar refractivity (Wildman–Crippen MR) is 94.7 cm³/mol. The summed E-state index contributed by atoms with van der Waals surface area (Å²) in [7, 11) is 1.69. The van der Waals surface area contributed by atoms with Crippen LogP contribution in [0.4, 0.5) is 5.69 Å². The van der Waals surface area contributed by atoms with Gasteiger partial charge in [0, 0.05) is 57.9 Å². The molecule has 6 heteroatoms. The van der Waals surface area contributed by atoms with Crippen LogP contribution in [0.3, 0.4) is 0 Å². The van der Waals surface area contributed by atoms with Crippen molar-refractivity contribution in [1.29, 1.82) is 0 Å². The minimum absolute atomic E-state index is 0. The molecular weight excluding hydrogens is 314 g/mol. The van der Waals surface area contributed by atoms with Crippen LogP contribution in [0.25, 0.3) is 0 Å². The highest BCUT2D eigenvalue weighted by Gasteiger charge is 2.22. The maximum atomic E-state index is 11.6. The molecule has 1 amide bonds. The van der Waals surface area contributed by atoms with Crippen molar-refractivity contribution in [2.24, 2.45) is 0 Å². The van der Waals surface area contributed by atoms with Gasteiger partial charge in [0.25, 0.3) is 0 Å². The monoisotopic (exact) mass is 339 g/mol. The first-order valence-corrected chi connectivity index (χ1v) is 8.15. The molecule has 0 aromatic heterocycles. The fraction of sp³-hybridized carbons (Fsp3) is 0.588. The van der Waals surface area contributed by atoms with Crippen molar-refractivity contribution in [2.45, 2.75) is 12.8 Å². The van der Waals surface area contributed by atoms with E-state index in [-0.39, 0.29) is 12.4 Å². The van der Waals surface area contributed by atoms with Gasteiger partial charge in [0.05, 0.1) is 7.11 Å². The van der Waals surface area contributed by atoms with Gasteiger partial charge in [-0.25, -0.2) is 0 Å². The molecule has 1 aromatic rings. The van der Waals surface area contributed by atoms with Crippen molar-refractivity contribution < 1.29 is 9.53 Å². The second-order valence-corrected chi connectivity index (χ2v) is 6.01. The lowest BCUT2D eigenvalue weighted by Crippen LogP contribution is -2.48. The number of hydrogen-bond donors (Lipinski definition) is 0. The minimum atomic E-state index is 0. The number of halogens is 1. The van der Waals surface area contributed by atoms with E-state index in [0.717, 1.165) is 64.4 Å². The molecule has 1 aromatic carbocycles. The van der Waals surface area contributed by atoms with Crippen molar-refractivity contribution >= 4 is 24.0 Å². The first-order chi connectivity index (χ1) is 10.8. The molecule has 0 spiro atoms. The zero-order chi connectivity index (χ0) is 15.4. The van der Waals surface area contributed by atoms with Gasteiger partial charge in [0.2, 0.25) is 5.91 Å². The number of amides is 1. The highest BCUT2D eigenvalue weighted by molar-refractivity contribution is 5.85. The highest BCUT2D eigenvalue weighted by atomic mass is 35.5. The van der Waals surface area contributed by atoms with E-state index in [2.05, 4.69) is 21.9 Å². The Bertz CT molecular complexity index is 501. The van der Waals surface area contributed by atoms with Crippen molar-refractivity contribution in [1.82, 2.24) is 9.80 Å². The Morgan fingerprint density at radius 3 is 2.26 bits per heavy atom. The quantitative estimate of drug-likeness (QED) is 0.820. The second kappa shape index (κ2) is 8.41. The number of benzene rings is 1. The van der Waals surface area contributed by atoms with Crippen molar-refractivity contribution in [3.8, 4) is 5.75 Å². The number of anilines is 1. The summed E-state index contributed by atoms with van der Waals surface area (Å²) in [4.78, 5) is 18.5. The lowest BCUT2D eigenvalue weighted by Gasteiger charge is -2.36. The number of hydrogen-bond acceptors (Lipinski definition) is 4. The van der Waals surface area contributed by atoms with Crippen LogP contribution in [0, 0.1) is 0 Å². The minimum Gasteiger partial charge on any atom is -0.497 e. The summed E-state index contributed by atoms with van der Waals surface area (Å²) < 4.78 is 5.20. The normalized spacial score (nSPS) is 18.9. The Balaban J connectivity index is 0.00000192. The van der Waals surface area contributed by atoms with E-state index in [1.807, 2.05) is 17.0 Å². The van der Waals surface area contributed by atoms with Gasteiger partial charge in [-0.3, -0.25) is 9.69 Å². The number of rotatable bonds is 5. The Hall–Kier alpha value is -1.46. The summed E-state index contributed by atoms with van der Waals surface area (Å²) in [5, 5.41) is 0. The fourth-order valence-corrected chi connectivity index (χ4v) is 3.23. The van der Waals surface area contributed by atoms with Crippen molar-refractivity contribution in [3.63, 3.8) is 0 Å². The van der Waals surface area contributed by atoms with Crippen LogP contribution in [-0.2, 0) is 4.79 Å². The van der Waals surface area contributed by atoms with Crippen molar-refractivity contribution in [2.75, 3.05) is 57.8 Å². The van der Waals surface area contributed by atoms with Crippen LogP contribution in [0.1, 0.15) is 12.8 Å². The van der Waals surface area contributed by atoms with Crippen LogP contribution in [0.15, 0.2) is 24.3 Å². The topological polar surface area (TPSA) is 36.0 Å². The van der Waals surface area contributed by atoms with Gasteiger partial charge in [0.1, 0.15) is 5.75 Å². The molecule has 2 saturated heterocycles. The number of ether oxygens (including phenoxy) is 1. The van der Waals surface area contributed by atoms with E-state index in [0.29, 0.717) is 5.91 Å². The van der Waals surface area contributed by atoms with E-state index in [9.17, 15) is 4.79 Å². The van der Waals surface area contributed by atoms with Crippen molar-refractivity contribution in [3.05, 3.63) is 24.3 Å². The summed E-state index contributed by atoms with van der Waals surface area (Å²) in [6.45, 7) is 7.05. The third-order valence-electron chi connectivity index (χ3n) is 4.67. The molecule has 0 unspecified atom stereocenters. The smallest absolute Gasteiger partial charge is 0.222 e. The molecule has 5 nitrogen and oxygen atoms in total. The summed E-state index contributed by atoms with van der Waals surface area (Å²) in [5.74, 6) is 1.23. The third kappa shape index (κ3) is 4.52. The third-order valence-corrected chi connectivity index (χ3v) is 4.67. The Labute approximate surface area is 144 Å². The van der Waals surface area contributed by atoms with Gasteiger partial charge in [0.15, 0.2) is 0 Å². The largest absolute Gasteiger partial charge is 0.497 e. The zero-order valence-electron chi connectivity index (χ0n) is 13.7. The number of methoxy groups -OCH3 is 1. The second-order valence-electron chi connectivity index (χ2n) is 6.01. The van der Waals surface area contributed by atoms with Gasteiger partial charge < -0.3 is 14.5 Å². The fourth-order valence-electron chi connectivity index (χ4n) is 3.23. The Kier molecular flexibility index (Phi) is 6.54. The van der Waals surface area contributed by atoms with Gasteiger partial charge in [-0.15, -0.1) is 12.4 Å². The maximum absolute atomic E-state index is 11.6. The van der Waals surface area contributed by atoms with E-state index < -0.39 is 0 Å². The molecular formula is C17H26ClN3O2. The first kappa shape index (κ1) is 17.9. The van der Waals surface area contributed by atoms with E-state index in [1.54, 1.807) is 7.11 Å². The number of piperazine rings is 1. The predicted octanol–water partition coefficient (Wildman–Crippen LogP) is 1.86. The van der Waals surface area contributed by atoms with Crippen LogP contribution in [-0.4, -0.2) is 68.6 Å². The maximum Gasteiger partial charge on any atom is 0.222 e. The number of nitrogens with zero attached hydrogens (tertiary/aromatic N) is 3. The Morgan fingerprint density at radius 1 is 1.00 bits per heavy atom. The molecule has 2 heterocycles. The number of carbonyl (C=O) groups is 1. The van der Waals surface area contributed by atoms with Gasteiger partial charge in [-0.2, -0.15) is 0 Å². The van der Waals surface area contributed by atoms with Gasteiger partial charge in [-0.05, 0) is 30.7 Å². The van der Waals surface area contributed by atoms with Gasteiger partial charge in [-0.1, -0.05) is 0 Å². The molecule has 128 valence electrons.